The van der Waals surface area contributed by atoms with E-state index in [1.54, 1.807) is 20.8 Å². The lowest BCUT2D eigenvalue weighted by molar-refractivity contribution is -0.155. The van der Waals surface area contributed by atoms with Gasteiger partial charge in [0.15, 0.2) is 0 Å². The molecule has 0 spiro atoms. The molecule has 0 heterocycles. The molecule has 1 saturated carbocycles. The Labute approximate surface area is 207 Å². The minimum Gasteiger partial charge on any atom is -0.460 e. The quantitative estimate of drug-likeness (QED) is 0.355. The van der Waals surface area contributed by atoms with Crippen molar-refractivity contribution in [3.8, 4) is 0 Å². The zero-order valence-corrected chi connectivity index (χ0v) is 20.8. The topological polar surface area (TPSA) is 90.9 Å². The molecule has 1 atom stereocenters. The summed E-state index contributed by atoms with van der Waals surface area (Å²) in [4.78, 5) is 37.3. The summed E-state index contributed by atoms with van der Waals surface area (Å²) in [6.45, 7) is 5.45. The molecule has 1 amide bonds. The first kappa shape index (κ1) is 26.3. The fourth-order valence-electron chi connectivity index (χ4n) is 3.49. The van der Waals surface area contributed by atoms with Crippen molar-refractivity contribution in [3.05, 3.63) is 71.3 Å². The third kappa shape index (κ3) is 10.2. The monoisotopic (exact) mass is 481 g/mol. The zero-order valence-electron chi connectivity index (χ0n) is 20.8. The van der Waals surface area contributed by atoms with Gasteiger partial charge >= 0.3 is 18.0 Å². The second kappa shape index (κ2) is 12.4. The molecule has 1 fully saturated rings. The molecule has 0 bridgehead atoms. The highest BCUT2D eigenvalue weighted by Gasteiger charge is 2.26. The summed E-state index contributed by atoms with van der Waals surface area (Å²) >= 11 is 0. The third-order valence-corrected chi connectivity index (χ3v) is 5.47. The standard InChI is InChI=1S/C28H35NO6/c1-28(2,3)35-25(30)16-15-24(29-27(32)34-19-22-7-5-4-6-8-22)26(31)33-18-23-13-11-21(12-14-23)17-20-9-10-20/h4-8,11-14,20,24H,9-10,15-19H2,1-3H3,(H,29,32)/t24-/m0/s1. The molecule has 0 saturated heterocycles. The fraction of sp³-hybridized carbons (Fsp3) is 0.464. The van der Waals surface area contributed by atoms with Gasteiger partial charge in [0.1, 0.15) is 24.9 Å². The molecular formula is C28H35NO6. The molecule has 2 aromatic rings. The predicted octanol–water partition coefficient (Wildman–Crippen LogP) is 5.10. The molecule has 7 heteroatoms. The summed E-state index contributed by atoms with van der Waals surface area (Å²) < 4.78 is 16.0. The van der Waals surface area contributed by atoms with E-state index in [1.165, 1.54) is 18.4 Å². The number of amides is 1. The Kier molecular flexibility index (Phi) is 9.29. The molecule has 7 nitrogen and oxygen atoms in total. The van der Waals surface area contributed by atoms with Crippen LogP contribution in [-0.2, 0) is 43.4 Å². The summed E-state index contributed by atoms with van der Waals surface area (Å²) in [5.74, 6) is -0.287. The molecule has 1 aliphatic rings. The minimum absolute atomic E-state index is 0.0362. The van der Waals surface area contributed by atoms with Crippen LogP contribution in [0.5, 0.6) is 0 Å². The highest BCUT2D eigenvalue weighted by Crippen LogP contribution is 2.32. The van der Waals surface area contributed by atoms with E-state index >= 15 is 0 Å². The Morgan fingerprint density at radius 2 is 1.49 bits per heavy atom. The van der Waals surface area contributed by atoms with E-state index in [0.717, 1.165) is 23.5 Å². The normalized spacial score (nSPS) is 14.0. The van der Waals surface area contributed by atoms with Crippen molar-refractivity contribution >= 4 is 18.0 Å². The number of esters is 2. The molecule has 2 aromatic carbocycles. The minimum atomic E-state index is -1.04. The van der Waals surface area contributed by atoms with E-state index in [2.05, 4.69) is 17.4 Å². The molecule has 188 valence electrons. The number of alkyl carbamates (subject to hydrolysis) is 1. The summed E-state index contributed by atoms with van der Waals surface area (Å²) in [5, 5.41) is 2.54. The molecule has 3 rings (SSSR count). The average Bonchev–Trinajstić information content (AvgIpc) is 3.63. The van der Waals surface area contributed by atoms with Crippen LogP contribution in [0.4, 0.5) is 4.79 Å². The summed E-state index contributed by atoms with van der Waals surface area (Å²) in [6, 6.07) is 16.2. The van der Waals surface area contributed by atoms with Crippen molar-refractivity contribution in [2.24, 2.45) is 5.92 Å². The fourth-order valence-corrected chi connectivity index (χ4v) is 3.49. The number of carbonyl (C=O) groups excluding carboxylic acids is 3. The molecule has 0 radical (unpaired) electrons. The maximum atomic E-state index is 12.8. The van der Waals surface area contributed by atoms with Gasteiger partial charge in [-0.3, -0.25) is 4.79 Å². The lowest BCUT2D eigenvalue weighted by Gasteiger charge is -2.21. The number of hydrogen-bond donors (Lipinski definition) is 1. The van der Waals surface area contributed by atoms with Gasteiger partial charge in [0.2, 0.25) is 0 Å². The Hall–Kier alpha value is -3.35. The highest BCUT2D eigenvalue weighted by atomic mass is 16.6. The van der Waals surface area contributed by atoms with Crippen molar-refractivity contribution in [1.82, 2.24) is 5.32 Å². The average molecular weight is 482 g/mol. The summed E-state index contributed by atoms with van der Waals surface area (Å²) in [5.41, 5.74) is 2.32. The lowest BCUT2D eigenvalue weighted by atomic mass is 10.1. The molecule has 0 unspecified atom stereocenters. The van der Waals surface area contributed by atoms with E-state index in [1.807, 2.05) is 42.5 Å². The van der Waals surface area contributed by atoms with Gasteiger partial charge in [-0.2, -0.15) is 0 Å². The predicted molar refractivity (Wildman–Crippen MR) is 131 cm³/mol. The molecule has 1 aliphatic carbocycles. The maximum absolute atomic E-state index is 12.8. The first-order chi connectivity index (χ1) is 16.7. The maximum Gasteiger partial charge on any atom is 0.408 e. The summed E-state index contributed by atoms with van der Waals surface area (Å²) in [6.07, 6.45) is 2.90. The van der Waals surface area contributed by atoms with E-state index in [0.29, 0.717) is 0 Å². The Balaban J connectivity index is 1.54. The van der Waals surface area contributed by atoms with E-state index in [4.69, 9.17) is 14.2 Å². The first-order valence-electron chi connectivity index (χ1n) is 12.1. The van der Waals surface area contributed by atoms with Gasteiger partial charge in [-0.05, 0) is 69.1 Å². The van der Waals surface area contributed by atoms with Crippen LogP contribution in [0.2, 0.25) is 0 Å². The number of nitrogens with one attached hydrogen (secondary N) is 1. The molecular weight excluding hydrogens is 446 g/mol. The molecule has 35 heavy (non-hydrogen) atoms. The zero-order chi connectivity index (χ0) is 25.3. The largest absolute Gasteiger partial charge is 0.460 e. The molecule has 0 aromatic heterocycles. The van der Waals surface area contributed by atoms with Crippen LogP contribution in [0.3, 0.4) is 0 Å². The van der Waals surface area contributed by atoms with Gasteiger partial charge in [0.25, 0.3) is 0 Å². The molecule has 1 N–H and O–H groups in total. The number of rotatable bonds is 11. The highest BCUT2D eigenvalue weighted by molar-refractivity contribution is 5.82. The smallest absolute Gasteiger partial charge is 0.408 e. The van der Waals surface area contributed by atoms with Gasteiger partial charge in [0, 0.05) is 6.42 Å². The Morgan fingerprint density at radius 1 is 0.886 bits per heavy atom. The van der Waals surface area contributed by atoms with Crippen LogP contribution in [0.15, 0.2) is 54.6 Å². The van der Waals surface area contributed by atoms with Crippen molar-refractivity contribution in [1.29, 1.82) is 0 Å². The van der Waals surface area contributed by atoms with Gasteiger partial charge in [0.05, 0.1) is 0 Å². The van der Waals surface area contributed by atoms with Crippen LogP contribution in [-0.4, -0.2) is 29.7 Å². The van der Waals surface area contributed by atoms with E-state index in [-0.39, 0.29) is 26.1 Å². The van der Waals surface area contributed by atoms with E-state index < -0.39 is 29.7 Å². The van der Waals surface area contributed by atoms with Crippen LogP contribution in [0, 0.1) is 5.92 Å². The van der Waals surface area contributed by atoms with Crippen molar-refractivity contribution in [2.45, 2.75) is 77.7 Å². The Morgan fingerprint density at radius 3 is 2.11 bits per heavy atom. The number of benzene rings is 2. The lowest BCUT2D eigenvalue weighted by Crippen LogP contribution is -2.42. The van der Waals surface area contributed by atoms with Gasteiger partial charge < -0.3 is 19.5 Å². The second-order valence-corrected chi connectivity index (χ2v) is 9.96. The van der Waals surface area contributed by atoms with Crippen molar-refractivity contribution < 1.29 is 28.6 Å². The second-order valence-electron chi connectivity index (χ2n) is 9.96. The number of hydrogen-bond acceptors (Lipinski definition) is 6. The first-order valence-corrected chi connectivity index (χ1v) is 12.1. The number of ether oxygens (including phenoxy) is 3. The van der Waals surface area contributed by atoms with E-state index in [9.17, 15) is 14.4 Å². The third-order valence-electron chi connectivity index (χ3n) is 5.47. The van der Waals surface area contributed by atoms with Crippen LogP contribution < -0.4 is 5.32 Å². The number of carbonyl (C=O) groups is 3. The van der Waals surface area contributed by atoms with Crippen molar-refractivity contribution in [2.75, 3.05) is 0 Å². The van der Waals surface area contributed by atoms with Gasteiger partial charge in [-0.1, -0.05) is 54.6 Å². The van der Waals surface area contributed by atoms with Crippen LogP contribution in [0.1, 0.15) is 63.1 Å². The SMILES string of the molecule is CC(C)(C)OC(=O)CC[C@H](NC(=O)OCc1ccccc1)C(=O)OCc1ccc(CC2CC2)cc1. The van der Waals surface area contributed by atoms with Gasteiger partial charge in [-0.25, -0.2) is 9.59 Å². The van der Waals surface area contributed by atoms with Crippen molar-refractivity contribution in [3.63, 3.8) is 0 Å². The van der Waals surface area contributed by atoms with Gasteiger partial charge in [-0.15, -0.1) is 0 Å². The van der Waals surface area contributed by atoms with Crippen LogP contribution >= 0.6 is 0 Å². The van der Waals surface area contributed by atoms with Crippen LogP contribution in [0.25, 0.3) is 0 Å². The Bertz CT molecular complexity index is 977. The molecule has 0 aliphatic heterocycles. The summed E-state index contributed by atoms with van der Waals surface area (Å²) in [7, 11) is 0.